The van der Waals surface area contributed by atoms with E-state index in [4.69, 9.17) is 4.74 Å². The number of likely N-dealkylation sites (tertiary alicyclic amines) is 1. The molecule has 1 saturated heterocycles. The van der Waals surface area contributed by atoms with Gasteiger partial charge in [-0.2, -0.15) is 0 Å². The van der Waals surface area contributed by atoms with Crippen LogP contribution in [0.25, 0.3) is 0 Å². The smallest absolute Gasteiger partial charge is 0.163 e. The van der Waals surface area contributed by atoms with E-state index in [1.165, 1.54) is 6.42 Å². The van der Waals surface area contributed by atoms with Crippen LogP contribution in [0, 0.1) is 0 Å². The van der Waals surface area contributed by atoms with Gasteiger partial charge >= 0.3 is 0 Å². The van der Waals surface area contributed by atoms with Crippen molar-refractivity contribution in [3.63, 3.8) is 0 Å². The Morgan fingerprint density at radius 1 is 1.45 bits per heavy atom. The molecule has 20 heavy (non-hydrogen) atoms. The normalized spacial score (nSPS) is 18.6. The summed E-state index contributed by atoms with van der Waals surface area (Å²) in [6.07, 6.45) is 1.19. The van der Waals surface area contributed by atoms with Gasteiger partial charge in [-0.05, 0) is 39.1 Å². The zero-order chi connectivity index (χ0) is 13.7. The van der Waals surface area contributed by atoms with Crippen LogP contribution in [-0.4, -0.2) is 50.0 Å². The molecule has 1 atom stereocenters. The summed E-state index contributed by atoms with van der Waals surface area (Å²) in [4.78, 5) is 13.9. The fraction of sp³-hybridized carbons (Fsp3) is 0.533. The Hall–Kier alpha value is -1.10. The average molecular weight is 299 g/mol. The lowest BCUT2D eigenvalue weighted by Crippen LogP contribution is -2.31. The third-order valence-corrected chi connectivity index (χ3v) is 3.61. The Bertz CT molecular complexity index is 440. The van der Waals surface area contributed by atoms with Gasteiger partial charge in [-0.3, -0.25) is 9.69 Å². The second kappa shape index (κ2) is 8.25. The van der Waals surface area contributed by atoms with Crippen LogP contribution in [0.3, 0.4) is 0 Å². The number of likely N-dealkylation sites (N-methyl/N-ethyl adjacent to an activating group) is 1. The monoisotopic (exact) mass is 298 g/mol. The van der Waals surface area contributed by atoms with Crippen LogP contribution < -0.4 is 10.1 Å². The molecular weight excluding hydrogens is 276 g/mol. The van der Waals surface area contributed by atoms with E-state index in [1.807, 2.05) is 31.3 Å². The minimum atomic E-state index is 0. The van der Waals surface area contributed by atoms with Crippen molar-refractivity contribution in [2.24, 2.45) is 0 Å². The zero-order valence-electron chi connectivity index (χ0n) is 12.1. The fourth-order valence-corrected chi connectivity index (χ4v) is 2.44. The lowest BCUT2D eigenvalue weighted by atomic mass is 10.1. The average Bonchev–Trinajstić information content (AvgIpc) is 2.87. The maximum absolute atomic E-state index is 11.5. The Morgan fingerprint density at radius 2 is 2.20 bits per heavy atom. The highest BCUT2D eigenvalue weighted by atomic mass is 35.5. The van der Waals surface area contributed by atoms with E-state index in [2.05, 4.69) is 10.2 Å². The van der Waals surface area contributed by atoms with Gasteiger partial charge in [0.25, 0.3) is 0 Å². The van der Waals surface area contributed by atoms with Gasteiger partial charge in [-0.25, -0.2) is 0 Å². The summed E-state index contributed by atoms with van der Waals surface area (Å²) in [5.74, 6) is 0.742. The van der Waals surface area contributed by atoms with Crippen molar-refractivity contribution in [1.82, 2.24) is 10.2 Å². The Morgan fingerprint density at radius 3 is 2.85 bits per heavy atom. The summed E-state index contributed by atoms with van der Waals surface area (Å²) in [5.41, 5.74) is 0.664. The molecule has 0 radical (unpaired) electrons. The highest BCUT2D eigenvalue weighted by Crippen LogP contribution is 2.18. The summed E-state index contributed by atoms with van der Waals surface area (Å²) in [5, 5.41) is 3.30. The molecule has 1 fully saturated rings. The quantitative estimate of drug-likeness (QED) is 0.816. The highest BCUT2D eigenvalue weighted by molar-refractivity contribution is 5.96. The lowest BCUT2D eigenvalue weighted by molar-refractivity contribution is 0.101. The van der Waals surface area contributed by atoms with E-state index >= 15 is 0 Å². The maximum Gasteiger partial charge on any atom is 0.163 e. The first kappa shape index (κ1) is 17.0. The molecular formula is C15H23ClN2O2. The summed E-state index contributed by atoms with van der Waals surface area (Å²) >= 11 is 0. The van der Waals surface area contributed by atoms with Crippen molar-refractivity contribution in [2.45, 2.75) is 19.4 Å². The van der Waals surface area contributed by atoms with Crippen molar-refractivity contribution < 1.29 is 9.53 Å². The summed E-state index contributed by atoms with van der Waals surface area (Å²) in [7, 11) is 2.01. The molecule has 0 amide bonds. The molecule has 1 aliphatic heterocycles. The van der Waals surface area contributed by atoms with Crippen molar-refractivity contribution in [2.75, 3.05) is 33.3 Å². The summed E-state index contributed by atoms with van der Waals surface area (Å²) in [6, 6.07) is 8.03. The Kier molecular flexibility index (Phi) is 6.99. The third kappa shape index (κ3) is 4.47. The van der Waals surface area contributed by atoms with Gasteiger partial charge in [0.15, 0.2) is 5.78 Å². The topological polar surface area (TPSA) is 41.6 Å². The number of carbonyl (C=O) groups is 1. The molecule has 0 aliphatic carbocycles. The van der Waals surface area contributed by atoms with Gasteiger partial charge in [0, 0.05) is 19.1 Å². The number of Topliss-reactive ketones (excluding diaryl/α,β-unsaturated/α-hetero) is 1. The van der Waals surface area contributed by atoms with Gasteiger partial charge in [0.2, 0.25) is 0 Å². The molecule has 1 unspecified atom stereocenters. The molecule has 1 aliphatic rings. The molecule has 1 aromatic rings. The molecule has 1 N–H and O–H groups in total. The molecule has 1 aromatic carbocycles. The molecule has 0 bridgehead atoms. The molecule has 0 spiro atoms. The van der Waals surface area contributed by atoms with Gasteiger partial charge in [0.05, 0.1) is 5.56 Å². The van der Waals surface area contributed by atoms with E-state index < -0.39 is 0 Å². The van der Waals surface area contributed by atoms with Gasteiger partial charge < -0.3 is 10.1 Å². The molecule has 112 valence electrons. The van der Waals surface area contributed by atoms with Gasteiger partial charge in [0.1, 0.15) is 12.4 Å². The number of ketones is 1. The number of nitrogens with one attached hydrogen (secondary N) is 1. The number of hydrogen-bond acceptors (Lipinski definition) is 4. The lowest BCUT2D eigenvalue weighted by Gasteiger charge is -2.17. The Labute approximate surface area is 126 Å². The first-order valence-corrected chi connectivity index (χ1v) is 6.83. The van der Waals surface area contributed by atoms with E-state index in [0.717, 1.165) is 19.6 Å². The van der Waals surface area contributed by atoms with E-state index in [1.54, 1.807) is 6.92 Å². The maximum atomic E-state index is 11.5. The predicted octanol–water partition coefficient (Wildman–Crippen LogP) is 1.98. The first-order chi connectivity index (χ1) is 9.20. The third-order valence-electron chi connectivity index (χ3n) is 3.61. The van der Waals surface area contributed by atoms with Crippen LogP contribution in [0.15, 0.2) is 24.3 Å². The largest absolute Gasteiger partial charge is 0.491 e. The van der Waals surface area contributed by atoms with Crippen molar-refractivity contribution in [1.29, 1.82) is 0 Å². The van der Waals surface area contributed by atoms with Crippen LogP contribution in [0.4, 0.5) is 0 Å². The number of benzene rings is 1. The predicted molar refractivity (Wildman–Crippen MR) is 83.1 cm³/mol. The second-order valence-corrected chi connectivity index (χ2v) is 4.98. The summed E-state index contributed by atoms with van der Waals surface area (Å²) in [6.45, 7) is 5.29. The van der Waals surface area contributed by atoms with Crippen LogP contribution >= 0.6 is 12.4 Å². The first-order valence-electron chi connectivity index (χ1n) is 6.83. The van der Waals surface area contributed by atoms with Crippen LogP contribution in [0.5, 0.6) is 5.75 Å². The number of halogens is 1. The van der Waals surface area contributed by atoms with Crippen molar-refractivity contribution in [3.8, 4) is 5.75 Å². The van der Waals surface area contributed by atoms with Gasteiger partial charge in [-0.1, -0.05) is 12.1 Å². The molecule has 0 saturated carbocycles. The fourth-order valence-electron chi connectivity index (χ4n) is 2.44. The molecule has 4 nitrogen and oxygen atoms in total. The zero-order valence-corrected chi connectivity index (χ0v) is 12.9. The number of para-hydroxylation sites is 1. The van der Waals surface area contributed by atoms with Crippen molar-refractivity contribution in [3.05, 3.63) is 29.8 Å². The number of rotatable bonds is 6. The molecule has 0 aromatic heterocycles. The van der Waals surface area contributed by atoms with E-state index in [0.29, 0.717) is 24.0 Å². The number of hydrogen-bond donors (Lipinski definition) is 1. The van der Waals surface area contributed by atoms with E-state index in [9.17, 15) is 4.79 Å². The summed E-state index contributed by atoms with van der Waals surface area (Å²) < 4.78 is 5.75. The minimum absolute atomic E-state index is 0. The minimum Gasteiger partial charge on any atom is -0.491 e. The standard InChI is InChI=1S/C15H22N2O2.ClH/c1-12(18)14-5-3-4-6-15(14)19-10-9-17-8-7-13(11-17)16-2;/h3-6,13,16H,7-11H2,1-2H3;1H. The van der Waals surface area contributed by atoms with Crippen LogP contribution in [0.1, 0.15) is 23.7 Å². The highest BCUT2D eigenvalue weighted by Gasteiger charge is 2.20. The SMILES string of the molecule is CNC1CCN(CCOc2ccccc2C(C)=O)C1.Cl. The van der Waals surface area contributed by atoms with Crippen LogP contribution in [0.2, 0.25) is 0 Å². The Balaban J connectivity index is 0.00000200. The second-order valence-electron chi connectivity index (χ2n) is 4.98. The van der Waals surface area contributed by atoms with Crippen molar-refractivity contribution >= 4 is 18.2 Å². The molecule has 2 rings (SSSR count). The van der Waals surface area contributed by atoms with Crippen LogP contribution in [-0.2, 0) is 0 Å². The van der Waals surface area contributed by atoms with Gasteiger partial charge in [-0.15, -0.1) is 12.4 Å². The number of ether oxygens (including phenoxy) is 1. The number of carbonyl (C=O) groups excluding carboxylic acids is 1. The molecule has 5 heteroatoms. The van der Waals surface area contributed by atoms with E-state index in [-0.39, 0.29) is 18.2 Å². The number of nitrogens with zero attached hydrogens (tertiary/aromatic N) is 1. The molecule has 1 heterocycles.